The van der Waals surface area contributed by atoms with Crippen molar-refractivity contribution in [1.29, 1.82) is 0 Å². The van der Waals surface area contributed by atoms with Crippen LogP contribution in [0.2, 0.25) is 0 Å². The van der Waals surface area contributed by atoms with Crippen LogP contribution in [0, 0.1) is 0 Å². The Balaban J connectivity index is 0.00000192. The van der Waals surface area contributed by atoms with Gasteiger partial charge in [0.15, 0.2) is 0 Å². The maximum Gasteiger partial charge on any atom is 0.0987 e. The van der Waals surface area contributed by atoms with Gasteiger partial charge in [0, 0.05) is 87.9 Å². The highest BCUT2D eigenvalue weighted by Crippen LogP contribution is 2.05. The van der Waals surface area contributed by atoms with E-state index in [1.165, 1.54) is 6.26 Å². The first kappa shape index (κ1) is 29.2. The maximum atomic E-state index is 5.56. The Morgan fingerprint density at radius 1 is 0.667 bits per heavy atom. The molecule has 2 atom stereocenters. The van der Waals surface area contributed by atoms with Gasteiger partial charge in [-0.05, 0) is 0 Å². The smallest absolute Gasteiger partial charge is 0.0987 e. The van der Waals surface area contributed by atoms with Crippen LogP contribution in [-0.2, 0) is 28.4 Å². The van der Waals surface area contributed by atoms with E-state index in [-0.39, 0.29) is 12.2 Å². The van der Waals surface area contributed by atoms with E-state index in [9.17, 15) is 0 Å². The number of ether oxygens (including phenoxy) is 6. The zero-order valence-electron chi connectivity index (χ0n) is 20.0. The molecule has 0 spiro atoms. The number of nitrogens with zero attached hydrogens (tertiary/aromatic N) is 3. The fourth-order valence-electron chi connectivity index (χ4n) is 3.20. The van der Waals surface area contributed by atoms with Crippen LogP contribution < -0.4 is 0 Å². The molecule has 1 fully saturated rings. The topological polar surface area (TPSA) is 65.1 Å². The van der Waals surface area contributed by atoms with Gasteiger partial charge in [-0.15, -0.1) is 0 Å². The molecular formula is C21H45N3O6. The van der Waals surface area contributed by atoms with Crippen LogP contribution in [0.4, 0.5) is 0 Å². The summed E-state index contributed by atoms with van der Waals surface area (Å²) in [6.45, 7) is 12.8. The van der Waals surface area contributed by atoms with E-state index in [1.807, 2.05) is 0 Å². The van der Waals surface area contributed by atoms with Crippen molar-refractivity contribution in [3.05, 3.63) is 12.8 Å². The minimum atomic E-state index is 0.0882. The van der Waals surface area contributed by atoms with E-state index >= 15 is 0 Å². The summed E-state index contributed by atoms with van der Waals surface area (Å²) in [5.74, 6) is 0. The van der Waals surface area contributed by atoms with Gasteiger partial charge in [-0.2, -0.15) is 0 Å². The van der Waals surface area contributed by atoms with E-state index in [2.05, 4.69) is 26.0 Å². The third kappa shape index (κ3) is 14.3. The van der Waals surface area contributed by atoms with E-state index in [0.717, 1.165) is 52.4 Å². The second-order valence-electron chi connectivity index (χ2n) is 7.17. The first-order valence-electron chi connectivity index (χ1n) is 10.4. The fourth-order valence-corrected chi connectivity index (χ4v) is 3.20. The summed E-state index contributed by atoms with van der Waals surface area (Å²) >= 11 is 0. The molecule has 0 bridgehead atoms. The first-order chi connectivity index (χ1) is 14.6. The summed E-state index contributed by atoms with van der Waals surface area (Å²) in [5, 5.41) is 0. The van der Waals surface area contributed by atoms with E-state index in [4.69, 9.17) is 23.7 Å². The van der Waals surface area contributed by atoms with Crippen molar-refractivity contribution in [2.24, 2.45) is 0 Å². The quantitative estimate of drug-likeness (QED) is 0.387. The third-order valence-electron chi connectivity index (χ3n) is 4.97. The largest absolute Gasteiger partial charge is 0.505 e. The average molecular weight is 436 g/mol. The summed E-state index contributed by atoms with van der Waals surface area (Å²) in [4.78, 5) is 7.25. The summed E-state index contributed by atoms with van der Waals surface area (Å²) in [5.41, 5.74) is 0. The van der Waals surface area contributed by atoms with Crippen LogP contribution in [0.3, 0.4) is 0 Å². The molecule has 0 saturated carbocycles. The third-order valence-corrected chi connectivity index (χ3v) is 4.97. The highest BCUT2D eigenvalue weighted by Gasteiger charge is 2.21. The number of hydrogen-bond acceptors (Lipinski definition) is 9. The van der Waals surface area contributed by atoms with Crippen molar-refractivity contribution in [2.75, 3.05) is 115 Å². The molecule has 30 heavy (non-hydrogen) atoms. The van der Waals surface area contributed by atoms with Crippen LogP contribution in [-0.4, -0.2) is 142 Å². The summed E-state index contributed by atoms with van der Waals surface area (Å²) in [7, 11) is 10.2. The Kier molecular flexibility index (Phi) is 19.6. The molecule has 2 unspecified atom stereocenters. The monoisotopic (exact) mass is 435 g/mol. The zero-order chi connectivity index (χ0) is 22.6. The van der Waals surface area contributed by atoms with Crippen molar-refractivity contribution in [3.63, 3.8) is 0 Å². The second kappa shape index (κ2) is 20.1. The first-order valence-corrected chi connectivity index (χ1v) is 10.4. The van der Waals surface area contributed by atoms with Crippen LogP contribution in [0.1, 0.15) is 0 Å². The van der Waals surface area contributed by atoms with Gasteiger partial charge < -0.3 is 28.4 Å². The molecule has 180 valence electrons. The van der Waals surface area contributed by atoms with Crippen LogP contribution in [0.5, 0.6) is 0 Å². The Labute approximate surface area is 183 Å². The van der Waals surface area contributed by atoms with Gasteiger partial charge in [-0.25, -0.2) is 0 Å². The standard InChI is InChI=1S/C18H39N3O5.C3H6O/c1-22-14-17(25-4)12-19-6-7-20(13-18(26-5)15-23-2)9-11-21(10-8-19)16-24-3;1-3-4-2/h17-18H,6-16H2,1-5H3;3H,1H2,2H3. The molecule has 0 N–H and O–H groups in total. The highest BCUT2D eigenvalue weighted by molar-refractivity contribution is 4.75. The van der Waals surface area contributed by atoms with Gasteiger partial charge in [0.05, 0.1) is 45.5 Å². The lowest BCUT2D eigenvalue weighted by atomic mass is 10.3. The second-order valence-corrected chi connectivity index (χ2v) is 7.17. The molecule has 0 aromatic rings. The molecule has 0 aromatic carbocycles. The van der Waals surface area contributed by atoms with Crippen molar-refractivity contribution >= 4 is 0 Å². The molecule has 0 amide bonds. The van der Waals surface area contributed by atoms with Gasteiger partial charge in [-0.3, -0.25) is 14.7 Å². The lowest BCUT2D eigenvalue weighted by Crippen LogP contribution is -2.43. The van der Waals surface area contributed by atoms with Gasteiger partial charge in [0.2, 0.25) is 0 Å². The molecule has 1 rings (SSSR count). The summed E-state index contributed by atoms with van der Waals surface area (Å²) in [6, 6.07) is 0. The van der Waals surface area contributed by atoms with E-state index in [1.54, 1.807) is 42.7 Å². The zero-order valence-corrected chi connectivity index (χ0v) is 20.0. The average Bonchev–Trinajstić information content (AvgIpc) is 2.85. The molecular weight excluding hydrogens is 390 g/mol. The van der Waals surface area contributed by atoms with Gasteiger partial charge in [-0.1, -0.05) is 6.58 Å². The lowest BCUT2D eigenvalue weighted by molar-refractivity contribution is -0.00243. The molecule has 0 radical (unpaired) electrons. The molecule has 1 aliphatic heterocycles. The van der Waals surface area contributed by atoms with Gasteiger partial charge >= 0.3 is 0 Å². The number of rotatable bonds is 13. The Bertz CT molecular complexity index is 364. The molecule has 0 aromatic heterocycles. The molecule has 1 saturated heterocycles. The molecule has 0 aliphatic carbocycles. The van der Waals surface area contributed by atoms with Gasteiger partial charge in [0.25, 0.3) is 0 Å². The molecule has 1 aliphatic rings. The fraction of sp³-hybridized carbons (Fsp3) is 0.905. The lowest BCUT2D eigenvalue weighted by Gasteiger charge is -2.29. The minimum Gasteiger partial charge on any atom is -0.505 e. The van der Waals surface area contributed by atoms with Crippen LogP contribution in [0.15, 0.2) is 12.8 Å². The molecule has 9 heteroatoms. The Morgan fingerprint density at radius 3 is 1.30 bits per heavy atom. The highest BCUT2D eigenvalue weighted by atomic mass is 16.5. The van der Waals surface area contributed by atoms with Gasteiger partial charge in [0.1, 0.15) is 0 Å². The van der Waals surface area contributed by atoms with E-state index < -0.39 is 0 Å². The SMILES string of the molecule is C=COC.COCC(CN1CCN(COC)CCN(CC(COC)OC)CC1)OC. The summed E-state index contributed by atoms with van der Waals surface area (Å²) in [6.07, 6.45) is 1.55. The van der Waals surface area contributed by atoms with Crippen LogP contribution in [0.25, 0.3) is 0 Å². The van der Waals surface area contributed by atoms with E-state index in [0.29, 0.717) is 19.9 Å². The number of hydrogen-bond donors (Lipinski definition) is 0. The summed E-state index contributed by atoms with van der Waals surface area (Å²) < 4.78 is 31.3. The van der Waals surface area contributed by atoms with Crippen molar-refractivity contribution in [2.45, 2.75) is 12.2 Å². The van der Waals surface area contributed by atoms with Crippen LogP contribution >= 0.6 is 0 Å². The van der Waals surface area contributed by atoms with Crippen molar-refractivity contribution < 1.29 is 28.4 Å². The predicted octanol–water partition coefficient (Wildman–Crippen LogP) is 0.609. The van der Waals surface area contributed by atoms with Crippen molar-refractivity contribution in [3.8, 4) is 0 Å². The normalized spacial score (nSPS) is 19.0. The maximum absolute atomic E-state index is 5.56. The Morgan fingerprint density at radius 2 is 1.03 bits per heavy atom. The molecule has 9 nitrogen and oxygen atoms in total. The minimum absolute atomic E-state index is 0.0882. The Hall–Kier alpha value is -0.780. The molecule has 1 heterocycles. The number of methoxy groups -OCH3 is 6. The predicted molar refractivity (Wildman–Crippen MR) is 119 cm³/mol. The van der Waals surface area contributed by atoms with Crippen molar-refractivity contribution in [1.82, 2.24) is 14.7 Å².